The Labute approximate surface area is 150 Å². The molecule has 0 amide bonds. The minimum Gasteiger partial charge on any atom is -0.391 e. The number of hydrogen-bond donors (Lipinski definition) is 1. The molecule has 2 aliphatic heterocycles. The minimum absolute atomic E-state index is 0.0113. The Morgan fingerprint density at radius 2 is 2.08 bits per heavy atom. The van der Waals surface area contributed by atoms with E-state index in [-0.39, 0.29) is 5.92 Å². The fourth-order valence-electron chi connectivity index (χ4n) is 3.49. The van der Waals surface area contributed by atoms with Crippen molar-refractivity contribution in [3.63, 3.8) is 0 Å². The molecular formula is C17H22FN5O3. The highest BCUT2D eigenvalue weighted by molar-refractivity contribution is 5.46. The van der Waals surface area contributed by atoms with Crippen LogP contribution in [-0.2, 0) is 11.2 Å². The molecule has 1 N–H and O–H groups in total. The molecule has 2 fully saturated rings. The van der Waals surface area contributed by atoms with Gasteiger partial charge in [0.25, 0.3) is 0 Å². The first kappa shape index (κ1) is 17.2. The van der Waals surface area contributed by atoms with Gasteiger partial charge in [-0.05, 0) is 6.92 Å². The van der Waals surface area contributed by atoms with Crippen LogP contribution in [0.2, 0.25) is 0 Å². The first-order valence-electron chi connectivity index (χ1n) is 8.80. The molecule has 0 saturated carbocycles. The second kappa shape index (κ2) is 7.16. The number of hydrogen-bond acceptors (Lipinski definition) is 8. The zero-order valence-electron chi connectivity index (χ0n) is 14.6. The van der Waals surface area contributed by atoms with Crippen LogP contribution < -0.4 is 9.80 Å². The van der Waals surface area contributed by atoms with E-state index in [9.17, 15) is 9.50 Å². The molecule has 8 nitrogen and oxygen atoms in total. The third kappa shape index (κ3) is 3.49. The first-order chi connectivity index (χ1) is 12.6. The van der Waals surface area contributed by atoms with Crippen molar-refractivity contribution in [2.75, 3.05) is 49.2 Å². The van der Waals surface area contributed by atoms with Crippen molar-refractivity contribution >= 4 is 11.8 Å². The van der Waals surface area contributed by atoms with E-state index in [0.717, 1.165) is 11.5 Å². The number of rotatable bonds is 4. The van der Waals surface area contributed by atoms with E-state index in [1.807, 2.05) is 22.8 Å². The standard InChI is InChI=1S/C17H22FN5O3/c1-11-6-13(26-21-11)7-12-9-23(10-15(12)24)17-19-8-14(18)16(20-17)22-2-4-25-5-3-22/h6,8,12,15,24H,2-5,7,9-10H2,1H3/t12-,15+/m1/s1. The molecule has 26 heavy (non-hydrogen) atoms. The summed E-state index contributed by atoms with van der Waals surface area (Å²) in [5, 5.41) is 14.3. The Bertz CT molecular complexity index is 765. The molecule has 4 heterocycles. The lowest BCUT2D eigenvalue weighted by atomic mass is 10.0. The van der Waals surface area contributed by atoms with Crippen LogP contribution in [0.25, 0.3) is 0 Å². The lowest BCUT2D eigenvalue weighted by Crippen LogP contribution is -2.37. The van der Waals surface area contributed by atoms with E-state index in [2.05, 4.69) is 15.1 Å². The molecule has 140 valence electrons. The average Bonchev–Trinajstić information content (AvgIpc) is 3.22. The maximum Gasteiger partial charge on any atom is 0.227 e. The summed E-state index contributed by atoms with van der Waals surface area (Å²) in [6.07, 6.45) is 1.27. The smallest absolute Gasteiger partial charge is 0.227 e. The molecule has 2 aliphatic rings. The van der Waals surface area contributed by atoms with Crippen LogP contribution in [-0.4, -0.2) is 65.7 Å². The Kier molecular flexibility index (Phi) is 4.73. The highest BCUT2D eigenvalue weighted by Crippen LogP contribution is 2.27. The highest BCUT2D eigenvalue weighted by Gasteiger charge is 2.34. The molecule has 2 aromatic rings. The SMILES string of the molecule is Cc1cc(C[C@@H]2CN(c3ncc(F)c(N4CCOCC4)n3)C[C@@H]2O)on1. The van der Waals surface area contributed by atoms with Crippen LogP contribution >= 0.6 is 0 Å². The molecular weight excluding hydrogens is 341 g/mol. The van der Waals surface area contributed by atoms with Gasteiger partial charge in [0.2, 0.25) is 5.95 Å². The molecule has 2 saturated heterocycles. The van der Waals surface area contributed by atoms with Crippen molar-refractivity contribution in [2.24, 2.45) is 5.92 Å². The van der Waals surface area contributed by atoms with Crippen LogP contribution in [0.4, 0.5) is 16.2 Å². The number of aromatic nitrogens is 3. The lowest BCUT2D eigenvalue weighted by Gasteiger charge is -2.28. The van der Waals surface area contributed by atoms with E-state index in [1.54, 1.807) is 0 Å². The van der Waals surface area contributed by atoms with E-state index < -0.39 is 11.9 Å². The second-order valence-corrected chi connectivity index (χ2v) is 6.81. The van der Waals surface area contributed by atoms with Gasteiger partial charge in [0.05, 0.1) is 31.2 Å². The van der Waals surface area contributed by atoms with Gasteiger partial charge in [-0.2, -0.15) is 4.98 Å². The summed E-state index contributed by atoms with van der Waals surface area (Å²) in [6, 6.07) is 1.88. The summed E-state index contributed by atoms with van der Waals surface area (Å²) in [5.74, 6) is 1.03. The van der Waals surface area contributed by atoms with Crippen molar-refractivity contribution in [3.05, 3.63) is 29.5 Å². The van der Waals surface area contributed by atoms with Crippen LogP contribution in [0, 0.1) is 18.7 Å². The van der Waals surface area contributed by atoms with Gasteiger partial charge in [-0.1, -0.05) is 5.16 Å². The Morgan fingerprint density at radius 3 is 2.81 bits per heavy atom. The third-order valence-corrected chi connectivity index (χ3v) is 4.85. The number of β-amino-alcohol motifs (C(OH)–C–C–N with tert-alkyl or cyclic N) is 1. The van der Waals surface area contributed by atoms with Crippen molar-refractivity contribution in [2.45, 2.75) is 19.4 Å². The quantitative estimate of drug-likeness (QED) is 0.853. The number of nitrogens with zero attached hydrogens (tertiary/aromatic N) is 5. The summed E-state index contributed by atoms with van der Waals surface area (Å²) in [4.78, 5) is 12.3. The highest BCUT2D eigenvalue weighted by atomic mass is 19.1. The number of morpholine rings is 1. The molecule has 0 aliphatic carbocycles. The largest absolute Gasteiger partial charge is 0.391 e. The van der Waals surface area contributed by atoms with E-state index in [0.29, 0.717) is 57.6 Å². The fraction of sp³-hybridized carbons (Fsp3) is 0.588. The molecule has 2 aromatic heterocycles. The maximum atomic E-state index is 14.2. The van der Waals surface area contributed by atoms with E-state index in [4.69, 9.17) is 9.26 Å². The topological polar surface area (TPSA) is 87.8 Å². The number of halogens is 1. The molecule has 0 spiro atoms. The van der Waals surface area contributed by atoms with Gasteiger partial charge in [-0.15, -0.1) is 0 Å². The molecule has 4 rings (SSSR count). The molecule has 0 aromatic carbocycles. The fourth-order valence-corrected chi connectivity index (χ4v) is 3.49. The molecule has 0 bridgehead atoms. The summed E-state index contributed by atoms with van der Waals surface area (Å²) in [5.41, 5.74) is 0.821. The minimum atomic E-state index is -0.527. The second-order valence-electron chi connectivity index (χ2n) is 6.81. The zero-order valence-corrected chi connectivity index (χ0v) is 14.6. The third-order valence-electron chi connectivity index (χ3n) is 4.85. The van der Waals surface area contributed by atoms with Crippen molar-refractivity contribution in [3.8, 4) is 0 Å². The Morgan fingerprint density at radius 1 is 1.27 bits per heavy atom. The van der Waals surface area contributed by atoms with Gasteiger partial charge in [-0.25, -0.2) is 9.37 Å². The predicted molar refractivity (Wildman–Crippen MR) is 91.7 cm³/mol. The van der Waals surface area contributed by atoms with Crippen LogP contribution in [0.3, 0.4) is 0 Å². The van der Waals surface area contributed by atoms with Crippen molar-refractivity contribution < 1.29 is 18.8 Å². The number of aryl methyl sites for hydroxylation is 1. The number of anilines is 2. The Balaban J connectivity index is 1.49. The van der Waals surface area contributed by atoms with Gasteiger partial charge < -0.3 is 24.2 Å². The van der Waals surface area contributed by atoms with Gasteiger partial charge >= 0.3 is 0 Å². The van der Waals surface area contributed by atoms with E-state index >= 15 is 0 Å². The molecule has 2 atom stereocenters. The monoisotopic (exact) mass is 363 g/mol. The summed E-state index contributed by atoms with van der Waals surface area (Å²) in [7, 11) is 0. The van der Waals surface area contributed by atoms with Crippen LogP contribution in [0.15, 0.2) is 16.8 Å². The van der Waals surface area contributed by atoms with Gasteiger partial charge in [0, 0.05) is 44.6 Å². The first-order valence-corrected chi connectivity index (χ1v) is 8.80. The average molecular weight is 363 g/mol. The van der Waals surface area contributed by atoms with Crippen molar-refractivity contribution in [1.82, 2.24) is 15.1 Å². The van der Waals surface area contributed by atoms with Gasteiger partial charge in [0.15, 0.2) is 11.6 Å². The number of ether oxygens (including phenoxy) is 1. The van der Waals surface area contributed by atoms with Gasteiger partial charge in [0.1, 0.15) is 5.76 Å². The maximum absolute atomic E-state index is 14.2. The Hall–Kier alpha value is -2.26. The number of aliphatic hydroxyl groups excluding tert-OH is 1. The number of aliphatic hydroxyl groups is 1. The summed E-state index contributed by atoms with van der Waals surface area (Å²) in [6.45, 7) is 5.16. The van der Waals surface area contributed by atoms with E-state index in [1.165, 1.54) is 6.20 Å². The lowest BCUT2D eigenvalue weighted by molar-refractivity contribution is 0.122. The van der Waals surface area contributed by atoms with Crippen molar-refractivity contribution in [1.29, 1.82) is 0 Å². The van der Waals surface area contributed by atoms with Crippen LogP contribution in [0.5, 0.6) is 0 Å². The zero-order chi connectivity index (χ0) is 18.1. The molecule has 9 heteroatoms. The summed E-state index contributed by atoms with van der Waals surface area (Å²) >= 11 is 0. The molecule has 0 unspecified atom stereocenters. The summed E-state index contributed by atoms with van der Waals surface area (Å²) < 4.78 is 24.8. The molecule has 0 radical (unpaired) electrons. The normalized spacial score (nSPS) is 23.7. The predicted octanol–water partition coefficient (Wildman–Crippen LogP) is 0.789. The van der Waals surface area contributed by atoms with Gasteiger partial charge in [-0.3, -0.25) is 0 Å². The van der Waals surface area contributed by atoms with Crippen LogP contribution in [0.1, 0.15) is 11.5 Å².